The molecule has 0 saturated carbocycles. The smallest absolute Gasteiger partial charge is 0.336 e. The summed E-state index contributed by atoms with van der Waals surface area (Å²) in [6.07, 6.45) is -2.25. The number of aliphatic carboxylic acids is 2. The highest BCUT2D eigenvalue weighted by Crippen LogP contribution is 2.21. The van der Waals surface area contributed by atoms with Gasteiger partial charge >= 0.3 is 11.9 Å². The molecular weight excluding hydrogens is 163 g/mol. The lowest BCUT2D eigenvalue weighted by atomic mass is 10.3. The number of rotatable bonds is 2. The zero-order valence-electron chi connectivity index (χ0n) is 4.68. The van der Waals surface area contributed by atoms with E-state index in [0.717, 1.165) is 0 Å². The molecule has 10 heavy (non-hydrogen) atoms. The standard InChI is InChI=1S/C4H4O5.ClH/c5-3(6)1-2(9-1)4(7)8;/h1-2H,(H,5,6)(H,7,8);1H. The molecule has 2 N–H and O–H groups in total. The number of hydrogen-bond donors (Lipinski definition) is 2. The molecule has 0 aromatic rings. The third kappa shape index (κ3) is 1.58. The van der Waals surface area contributed by atoms with Crippen LogP contribution < -0.4 is 0 Å². The van der Waals surface area contributed by atoms with Gasteiger partial charge in [0.15, 0.2) is 12.2 Å². The fourth-order valence-electron chi connectivity index (χ4n) is 0.488. The molecule has 0 amide bonds. The third-order valence-corrected chi connectivity index (χ3v) is 0.978. The highest BCUT2D eigenvalue weighted by atomic mass is 35.5. The number of halogens is 1. The zero-order valence-corrected chi connectivity index (χ0v) is 5.50. The summed E-state index contributed by atoms with van der Waals surface area (Å²) >= 11 is 0. The summed E-state index contributed by atoms with van der Waals surface area (Å²) in [7, 11) is 0. The first-order valence-corrected chi connectivity index (χ1v) is 2.24. The molecular formula is C4H5ClO5. The maximum atomic E-state index is 9.89. The molecule has 1 rings (SSSR count). The van der Waals surface area contributed by atoms with Crippen molar-refractivity contribution in [3.8, 4) is 0 Å². The van der Waals surface area contributed by atoms with Crippen LogP contribution in [0.15, 0.2) is 0 Å². The molecule has 58 valence electrons. The molecule has 1 heterocycles. The molecule has 1 saturated heterocycles. The van der Waals surface area contributed by atoms with E-state index in [2.05, 4.69) is 4.74 Å². The first-order chi connectivity index (χ1) is 4.13. The Morgan fingerprint density at radius 3 is 1.50 bits per heavy atom. The quantitative estimate of drug-likeness (QED) is 0.535. The summed E-state index contributed by atoms with van der Waals surface area (Å²) < 4.78 is 4.24. The molecule has 2 unspecified atom stereocenters. The summed E-state index contributed by atoms with van der Waals surface area (Å²) in [6, 6.07) is 0. The van der Waals surface area contributed by atoms with Crippen LogP contribution in [0, 0.1) is 0 Å². The van der Waals surface area contributed by atoms with E-state index in [0.29, 0.717) is 0 Å². The Hall–Kier alpha value is -0.810. The minimum Gasteiger partial charge on any atom is -0.479 e. The fraction of sp³-hybridized carbons (Fsp3) is 0.500. The van der Waals surface area contributed by atoms with Crippen LogP contribution in [-0.2, 0) is 14.3 Å². The van der Waals surface area contributed by atoms with Gasteiger partial charge < -0.3 is 14.9 Å². The molecule has 0 bridgehead atoms. The van der Waals surface area contributed by atoms with Gasteiger partial charge in [-0.25, -0.2) is 9.59 Å². The average Bonchev–Trinajstić information content (AvgIpc) is 2.39. The molecule has 6 heteroatoms. The van der Waals surface area contributed by atoms with Crippen LogP contribution in [0.5, 0.6) is 0 Å². The van der Waals surface area contributed by atoms with Crippen molar-refractivity contribution < 1.29 is 24.5 Å². The molecule has 2 atom stereocenters. The van der Waals surface area contributed by atoms with Crippen molar-refractivity contribution in [1.29, 1.82) is 0 Å². The van der Waals surface area contributed by atoms with E-state index < -0.39 is 24.1 Å². The van der Waals surface area contributed by atoms with Gasteiger partial charge in [0.05, 0.1) is 0 Å². The first kappa shape index (κ1) is 9.19. The van der Waals surface area contributed by atoms with Gasteiger partial charge in [-0.1, -0.05) is 0 Å². The van der Waals surface area contributed by atoms with Crippen LogP contribution in [0.1, 0.15) is 0 Å². The van der Waals surface area contributed by atoms with E-state index in [9.17, 15) is 9.59 Å². The Bertz CT molecular complexity index is 149. The molecule has 1 aliphatic rings. The van der Waals surface area contributed by atoms with Gasteiger partial charge in [0.2, 0.25) is 0 Å². The van der Waals surface area contributed by atoms with Crippen molar-refractivity contribution in [3.63, 3.8) is 0 Å². The minimum absolute atomic E-state index is 0. The Balaban J connectivity index is 0.000000810. The van der Waals surface area contributed by atoms with Crippen LogP contribution in [-0.4, -0.2) is 34.4 Å². The molecule has 5 nitrogen and oxygen atoms in total. The second kappa shape index (κ2) is 2.85. The summed E-state index contributed by atoms with van der Waals surface area (Å²) in [5.41, 5.74) is 0. The predicted molar refractivity (Wildman–Crippen MR) is 31.2 cm³/mol. The number of hydrogen-bond acceptors (Lipinski definition) is 3. The maximum absolute atomic E-state index is 9.89. The fourth-order valence-corrected chi connectivity index (χ4v) is 0.488. The average molecular weight is 169 g/mol. The van der Waals surface area contributed by atoms with Gasteiger partial charge in [0, 0.05) is 0 Å². The Labute approximate surface area is 62.0 Å². The van der Waals surface area contributed by atoms with E-state index >= 15 is 0 Å². The lowest BCUT2D eigenvalue weighted by Gasteiger charge is -1.78. The number of carboxylic acids is 2. The molecule has 1 aliphatic heterocycles. The number of epoxide rings is 1. The van der Waals surface area contributed by atoms with Crippen molar-refractivity contribution in [2.24, 2.45) is 0 Å². The maximum Gasteiger partial charge on any atom is 0.336 e. The molecule has 0 radical (unpaired) electrons. The third-order valence-electron chi connectivity index (χ3n) is 0.978. The molecule has 0 spiro atoms. The highest BCUT2D eigenvalue weighted by molar-refractivity contribution is 5.87. The van der Waals surface area contributed by atoms with Crippen molar-refractivity contribution in [3.05, 3.63) is 0 Å². The molecule has 0 aromatic heterocycles. The first-order valence-electron chi connectivity index (χ1n) is 2.24. The van der Waals surface area contributed by atoms with Crippen LogP contribution in [0.4, 0.5) is 0 Å². The lowest BCUT2D eigenvalue weighted by molar-refractivity contribution is -0.140. The summed E-state index contributed by atoms with van der Waals surface area (Å²) in [5, 5.41) is 16.2. The van der Waals surface area contributed by atoms with Gasteiger partial charge in [0.25, 0.3) is 0 Å². The van der Waals surface area contributed by atoms with Gasteiger partial charge in [-0.15, -0.1) is 12.4 Å². The van der Waals surface area contributed by atoms with E-state index in [1.165, 1.54) is 0 Å². The summed E-state index contributed by atoms with van der Waals surface area (Å²) in [5.74, 6) is -2.44. The van der Waals surface area contributed by atoms with Crippen molar-refractivity contribution >= 4 is 24.3 Å². The second-order valence-electron chi connectivity index (χ2n) is 1.65. The number of carboxylic acid groups (broad SMARTS) is 2. The molecule has 1 fully saturated rings. The molecule has 0 aromatic carbocycles. The summed E-state index contributed by atoms with van der Waals surface area (Å²) in [4.78, 5) is 19.8. The van der Waals surface area contributed by atoms with Crippen molar-refractivity contribution in [2.75, 3.05) is 0 Å². The highest BCUT2D eigenvalue weighted by Gasteiger charge is 2.50. The Morgan fingerprint density at radius 1 is 1.10 bits per heavy atom. The Morgan fingerprint density at radius 2 is 1.40 bits per heavy atom. The largest absolute Gasteiger partial charge is 0.479 e. The summed E-state index contributed by atoms with van der Waals surface area (Å²) in [6.45, 7) is 0. The molecule has 0 aliphatic carbocycles. The van der Waals surface area contributed by atoms with Crippen LogP contribution in [0.25, 0.3) is 0 Å². The van der Waals surface area contributed by atoms with E-state index in [-0.39, 0.29) is 12.4 Å². The lowest BCUT2D eigenvalue weighted by Crippen LogP contribution is -2.14. The second-order valence-corrected chi connectivity index (χ2v) is 1.65. The van der Waals surface area contributed by atoms with Gasteiger partial charge in [0.1, 0.15) is 0 Å². The number of ether oxygens (including phenoxy) is 1. The monoisotopic (exact) mass is 168 g/mol. The van der Waals surface area contributed by atoms with E-state index in [1.54, 1.807) is 0 Å². The topological polar surface area (TPSA) is 87.1 Å². The normalized spacial score (nSPS) is 28.4. The number of carbonyl (C=O) groups is 2. The van der Waals surface area contributed by atoms with Crippen molar-refractivity contribution in [2.45, 2.75) is 12.2 Å². The Kier molecular flexibility index (Phi) is 2.62. The van der Waals surface area contributed by atoms with Crippen LogP contribution in [0.3, 0.4) is 0 Å². The SMILES string of the molecule is Cl.O=C(O)C1OC1C(=O)O. The van der Waals surface area contributed by atoms with Crippen LogP contribution >= 0.6 is 12.4 Å². The van der Waals surface area contributed by atoms with Crippen molar-refractivity contribution in [1.82, 2.24) is 0 Å². The van der Waals surface area contributed by atoms with Gasteiger partial charge in [-0.3, -0.25) is 0 Å². The van der Waals surface area contributed by atoms with Gasteiger partial charge in [-0.2, -0.15) is 0 Å². The van der Waals surface area contributed by atoms with E-state index in [4.69, 9.17) is 10.2 Å². The minimum atomic E-state index is -1.22. The zero-order chi connectivity index (χ0) is 7.02. The van der Waals surface area contributed by atoms with Gasteiger partial charge in [-0.05, 0) is 0 Å². The van der Waals surface area contributed by atoms with Crippen LogP contribution in [0.2, 0.25) is 0 Å². The van der Waals surface area contributed by atoms with E-state index in [1.807, 2.05) is 0 Å². The predicted octanol–water partition coefficient (Wildman–Crippen LogP) is -0.655.